The van der Waals surface area contributed by atoms with Gasteiger partial charge in [-0.05, 0) is 42.5 Å². The van der Waals surface area contributed by atoms with Crippen molar-refractivity contribution in [1.29, 1.82) is 0 Å². The van der Waals surface area contributed by atoms with Crippen molar-refractivity contribution < 1.29 is 9.47 Å². The highest BCUT2D eigenvalue weighted by molar-refractivity contribution is 5.81. The van der Waals surface area contributed by atoms with Gasteiger partial charge in [0.15, 0.2) is 5.96 Å². The lowest BCUT2D eigenvalue weighted by molar-refractivity contribution is 0.166. The molecule has 1 fully saturated rings. The Bertz CT molecular complexity index is 988. The average Bonchev–Trinajstić information content (AvgIpc) is 3.45. The average molecular weight is 421 g/mol. The Hall–Kier alpha value is -2.99. The van der Waals surface area contributed by atoms with Gasteiger partial charge < -0.3 is 25.1 Å². The van der Waals surface area contributed by atoms with Crippen molar-refractivity contribution in [3.8, 4) is 5.75 Å². The number of benzene rings is 2. The molecule has 0 spiro atoms. The van der Waals surface area contributed by atoms with Crippen LogP contribution in [0.5, 0.6) is 5.75 Å². The summed E-state index contributed by atoms with van der Waals surface area (Å²) >= 11 is 0. The van der Waals surface area contributed by atoms with Crippen LogP contribution >= 0.6 is 0 Å². The van der Waals surface area contributed by atoms with Crippen LogP contribution in [0.2, 0.25) is 0 Å². The molecular formula is C25H32N4O2. The van der Waals surface area contributed by atoms with Crippen molar-refractivity contribution in [2.24, 2.45) is 10.9 Å². The Morgan fingerprint density at radius 2 is 2.10 bits per heavy atom. The number of aryl methyl sites for hydroxylation is 1. The zero-order valence-electron chi connectivity index (χ0n) is 18.4. The zero-order valence-corrected chi connectivity index (χ0v) is 18.4. The molecule has 1 atom stereocenters. The first-order chi connectivity index (χ1) is 15.2. The van der Waals surface area contributed by atoms with Gasteiger partial charge in [-0.15, -0.1) is 0 Å². The lowest BCUT2D eigenvalue weighted by Crippen LogP contribution is -2.38. The molecule has 31 heavy (non-hydrogen) atoms. The number of nitrogens with one attached hydrogen (secondary N) is 3. The number of ether oxygens (including phenoxy) is 2. The molecule has 6 heteroatoms. The molecule has 164 valence electrons. The second-order valence-electron chi connectivity index (χ2n) is 8.14. The summed E-state index contributed by atoms with van der Waals surface area (Å²) in [7, 11) is 1.80. The molecule has 0 bridgehead atoms. The monoisotopic (exact) mass is 420 g/mol. The Morgan fingerprint density at radius 1 is 1.19 bits per heavy atom. The molecule has 0 aliphatic carbocycles. The second-order valence-corrected chi connectivity index (χ2v) is 8.14. The number of H-pyrrole nitrogens is 1. The van der Waals surface area contributed by atoms with Crippen molar-refractivity contribution in [2.75, 3.05) is 33.4 Å². The van der Waals surface area contributed by atoms with Crippen LogP contribution < -0.4 is 15.4 Å². The standard InChI is InChI=1S/C25H32N4O2/c1-18-7-8-21(24(13-18)31-17-19-10-12-30-16-19)15-28-25(26-2)27-11-9-22-14-20-5-3-4-6-23(20)29-22/h3-8,13-14,19,29H,9-12,15-17H2,1-2H3,(H2,26,27,28). The molecular weight excluding hydrogens is 388 g/mol. The van der Waals surface area contributed by atoms with Gasteiger partial charge in [-0.25, -0.2) is 0 Å². The number of aromatic amines is 1. The first-order valence-electron chi connectivity index (χ1n) is 11.0. The molecule has 1 saturated heterocycles. The van der Waals surface area contributed by atoms with Gasteiger partial charge in [0, 0.05) is 55.9 Å². The molecule has 1 aromatic heterocycles. The first-order valence-corrected chi connectivity index (χ1v) is 11.0. The van der Waals surface area contributed by atoms with Crippen LogP contribution in [0, 0.1) is 12.8 Å². The maximum Gasteiger partial charge on any atom is 0.191 e. The predicted octanol–water partition coefficient (Wildman–Crippen LogP) is 3.80. The highest BCUT2D eigenvalue weighted by Gasteiger charge is 2.17. The molecule has 0 saturated carbocycles. The van der Waals surface area contributed by atoms with E-state index in [1.807, 2.05) is 0 Å². The second kappa shape index (κ2) is 10.4. The van der Waals surface area contributed by atoms with Crippen molar-refractivity contribution in [2.45, 2.75) is 26.3 Å². The lowest BCUT2D eigenvalue weighted by Gasteiger charge is -2.17. The SMILES string of the molecule is CN=C(NCCc1cc2ccccc2[nH]1)NCc1ccc(C)cc1OCC1CCOC1. The number of para-hydroxylation sites is 1. The number of fused-ring (bicyclic) bond motifs is 1. The van der Waals surface area contributed by atoms with Crippen LogP contribution in [-0.4, -0.2) is 44.4 Å². The van der Waals surface area contributed by atoms with E-state index in [0.29, 0.717) is 19.1 Å². The largest absolute Gasteiger partial charge is 0.493 e. The van der Waals surface area contributed by atoms with Crippen LogP contribution in [0.1, 0.15) is 23.2 Å². The predicted molar refractivity (Wildman–Crippen MR) is 126 cm³/mol. The number of hydrogen-bond acceptors (Lipinski definition) is 3. The molecule has 0 radical (unpaired) electrons. The van der Waals surface area contributed by atoms with E-state index in [4.69, 9.17) is 9.47 Å². The molecule has 2 heterocycles. The minimum atomic E-state index is 0.486. The van der Waals surface area contributed by atoms with Gasteiger partial charge in [0.1, 0.15) is 5.75 Å². The van der Waals surface area contributed by atoms with Gasteiger partial charge in [-0.1, -0.05) is 30.3 Å². The van der Waals surface area contributed by atoms with Crippen molar-refractivity contribution in [3.63, 3.8) is 0 Å². The minimum absolute atomic E-state index is 0.486. The van der Waals surface area contributed by atoms with Gasteiger partial charge in [-0.2, -0.15) is 0 Å². The number of hydrogen-bond donors (Lipinski definition) is 3. The number of aliphatic imine (C=N–C) groups is 1. The van der Waals surface area contributed by atoms with E-state index in [-0.39, 0.29) is 0 Å². The summed E-state index contributed by atoms with van der Waals surface area (Å²) in [6.45, 7) is 5.89. The van der Waals surface area contributed by atoms with Crippen molar-refractivity contribution in [3.05, 3.63) is 65.4 Å². The van der Waals surface area contributed by atoms with Crippen LogP contribution in [0.25, 0.3) is 10.9 Å². The fourth-order valence-electron chi connectivity index (χ4n) is 3.85. The fourth-order valence-corrected chi connectivity index (χ4v) is 3.85. The Kier molecular flexibility index (Phi) is 7.10. The molecule has 3 N–H and O–H groups in total. The van der Waals surface area contributed by atoms with E-state index in [0.717, 1.165) is 49.9 Å². The Morgan fingerprint density at radius 3 is 2.90 bits per heavy atom. The minimum Gasteiger partial charge on any atom is -0.493 e. The Labute approximate surface area is 184 Å². The van der Waals surface area contributed by atoms with Gasteiger partial charge >= 0.3 is 0 Å². The van der Waals surface area contributed by atoms with E-state index in [2.05, 4.69) is 76.1 Å². The maximum absolute atomic E-state index is 6.15. The zero-order chi connectivity index (χ0) is 21.5. The summed E-state index contributed by atoms with van der Waals surface area (Å²) in [5, 5.41) is 8.06. The third kappa shape index (κ3) is 5.79. The molecule has 4 rings (SSSR count). The normalized spacial score (nSPS) is 16.6. The summed E-state index contributed by atoms with van der Waals surface area (Å²) < 4.78 is 11.6. The quantitative estimate of drug-likeness (QED) is 0.383. The van der Waals surface area contributed by atoms with Crippen LogP contribution in [-0.2, 0) is 17.7 Å². The van der Waals surface area contributed by atoms with E-state index in [9.17, 15) is 0 Å². The highest BCUT2D eigenvalue weighted by atomic mass is 16.5. The summed E-state index contributed by atoms with van der Waals surface area (Å²) in [6, 6.07) is 16.9. The molecule has 0 amide bonds. The number of aromatic nitrogens is 1. The molecule has 3 aromatic rings. The number of rotatable bonds is 8. The van der Waals surface area contributed by atoms with E-state index < -0.39 is 0 Å². The van der Waals surface area contributed by atoms with E-state index in [1.54, 1.807) is 7.05 Å². The fraction of sp³-hybridized carbons (Fsp3) is 0.400. The summed E-state index contributed by atoms with van der Waals surface area (Å²) in [5.74, 6) is 2.21. The van der Waals surface area contributed by atoms with Gasteiger partial charge in [0.25, 0.3) is 0 Å². The van der Waals surface area contributed by atoms with Gasteiger partial charge in [-0.3, -0.25) is 4.99 Å². The highest BCUT2D eigenvalue weighted by Crippen LogP contribution is 2.22. The summed E-state index contributed by atoms with van der Waals surface area (Å²) in [5.41, 5.74) is 4.72. The number of nitrogens with zero attached hydrogens (tertiary/aromatic N) is 1. The third-order valence-corrected chi connectivity index (χ3v) is 5.66. The smallest absolute Gasteiger partial charge is 0.191 e. The molecule has 1 aliphatic rings. The Balaban J connectivity index is 1.28. The van der Waals surface area contributed by atoms with Crippen LogP contribution in [0.15, 0.2) is 53.5 Å². The maximum atomic E-state index is 6.15. The van der Waals surface area contributed by atoms with E-state index >= 15 is 0 Å². The van der Waals surface area contributed by atoms with Gasteiger partial charge in [0.2, 0.25) is 0 Å². The number of guanidine groups is 1. The van der Waals surface area contributed by atoms with Crippen molar-refractivity contribution >= 4 is 16.9 Å². The molecule has 2 aromatic carbocycles. The van der Waals surface area contributed by atoms with Crippen LogP contribution in [0.4, 0.5) is 0 Å². The molecule has 6 nitrogen and oxygen atoms in total. The summed E-state index contributed by atoms with van der Waals surface area (Å²) in [4.78, 5) is 7.83. The topological polar surface area (TPSA) is 70.7 Å². The molecule has 1 unspecified atom stereocenters. The van der Waals surface area contributed by atoms with Crippen LogP contribution in [0.3, 0.4) is 0 Å². The van der Waals surface area contributed by atoms with E-state index in [1.165, 1.54) is 22.2 Å². The summed E-state index contributed by atoms with van der Waals surface area (Å²) in [6.07, 6.45) is 1.98. The van der Waals surface area contributed by atoms with Crippen molar-refractivity contribution in [1.82, 2.24) is 15.6 Å². The molecule has 1 aliphatic heterocycles. The van der Waals surface area contributed by atoms with Gasteiger partial charge in [0.05, 0.1) is 13.2 Å². The third-order valence-electron chi connectivity index (χ3n) is 5.66. The first kappa shape index (κ1) is 21.2. The lowest BCUT2D eigenvalue weighted by atomic mass is 10.1.